The summed E-state index contributed by atoms with van der Waals surface area (Å²) in [6.07, 6.45) is 0. The van der Waals surface area contributed by atoms with Gasteiger partial charge in [-0.05, 0) is 0 Å². The van der Waals surface area contributed by atoms with Crippen molar-refractivity contribution in [2.24, 2.45) is 5.73 Å². The third kappa shape index (κ3) is 5.88. The van der Waals surface area contributed by atoms with Crippen LogP contribution in [-0.2, 0) is 19.2 Å². The summed E-state index contributed by atoms with van der Waals surface area (Å²) in [6.45, 7) is -1.75. The molecule has 9 heteroatoms. The standard InChI is InChI=1S/C8H13N3O5S/c9-1-6(13)11(3-8(15)16)7(14)2-10-5(12)4-17/h17H,1-4,9H2,(H,10,12)(H,15,16). The van der Waals surface area contributed by atoms with E-state index in [0.717, 1.165) is 0 Å². The van der Waals surface area contributed by atoms with Gasteiger partial charge >= 0.3 is 5.97 Å². The third-order valence-electron chi connectivity index (χ3n) is 1.65. The lowest BCUT2D eigenvalue weighted by molar-refractivity contribution is -0.151. The number of carbonyl (C=O) groups excluding carboxylic acids is 3. The second-order valence-corrected chi connectivity index (χ2v) is 3.22. The molecule has 0 aliphatic carbocycles. The Balaban J connectivity index is 4.47. The molecule has 0 fully saturated rings. The zero-order chi connectivity index (χ0) is 13.4. The number of nitrogens with one attached hydrogen (secondary N) is 1. The fourth-order valence-electron chi connectivity index (χ4n) is 0.886. The fraction of sp³-hybridized carbons (Fsp3) is 0.500. The lowest BCUT2D eigenvalue weighted by atomic mass is 10.4. The number of thiol groups is 1. The molecule has 0 aromatic rings. The highest BCUT2D eigenvalue weighted by Crippen LogP contribution is 1.91. The summed E-state index contributed by atoms with van der Waals surface area (Å²) >= 11 is 3.67. The van der Waals surface area contributed by atoms with Gasteiger partial charge in [0, 0.05) is 0 Å². The van der Waals surface area contributed by atoms with Gasteiger partial charge in [0.1, 0.15) is 6.54 Å². The van der Waals surface area contributed by atoms with Crippen LogP contribution < -0.4 is 11.1 Å². The number of carbonyl (C=O) groups is 4. The van der Waals surface area contributed by atoms with Crippen LogP contribution in [0.15, 0.2) is 0 Å². The molecule has 0 aromatic heterocycles. The number of aliphatic carboxylic acids is 1. The second kappa shape index (κ2) is 7.63. The van der Waals surface area contributed by atoms with Gasteiger partial charge in [0.2, 0.25) is 17.7 Å². The minimum absolute atomic E-state index is 0.114. The summed E-state index contributed by atoms with van der Waals surface area (Å²) < 4.78 is 0. The molecule has 0 aliphatic rings. The summed E-state index contributed by atoms with van der Waals surface area (Å²) in [5.74, 6) is -3.62. The van der Waals surface area contributed by atoms with Gasteiger partial charge in [0.15, 0.2) is 0 Å². The highest BCUT2D eigenvalue weighted by molar-refractivity contribution is 7.81. The van der Waals surface area contributed by atoms with Crippen molar-refractivity contribution in [2.45, 2.75) is 0 Å². The van der Waals surface area contributed by atoms with Crippen molar-refractivity contribution >= 4 is 36.3 Å². The van der Waals surface area contributed by atoms with E-state index in [2.05, 4.69) is 17.9 Å². The van der Waals surface area contributed by atoms with E-state index in [4.69, 9.17) is 10.8 Å². The highest BCUT2D eigenvalue weighted by Gasteiger charge is 2.22. The number of imide groups is 1. The van der Waals surface area contributed by atoms with Crippen LogP contribution in [0.25, 0.3) is 0 Å². The lowest BCUT2D eigenvalue weighted by Crippen LogP contribution is -2.48. The first-order chi connectivity index (χ1) is 7.92. The van der Waals surface area contributed by atoms with Crippen LogP contribution in [0.3, 0.4) is 0 Å². The molecular formula is C8H13N3O5S. The average Bonchev–Trinajstić information content (AvgIpc) is 2.31. The third-order valence-corrected chi connectivity index (χ3v) is 1.94. The molecule has 0 saturated carbocycles. The SMILES string of the molecule is NCC(=O)N(CC(=O)O)C(=O)CNC(=O)CS. The summed E-state index contributed by atoms with van der Waals surface area (Å²) in [7, 11) is 0. The number of hydrogen-bond donors (Lipinski definition) is 4. The minimum atomic E-state index is -1.35. The van der Waals surface area contributed by atoms with Crippen molar-refractivity contribution in [1.29, 1.82) is 0 Å². The maximum Gasteiger partial charge on any atom is 0.323 e. The molecule has 0 aliphatic heterocycles. The Kier molecular flexibility index (Phi) is 6.91. The number of nitrogens with zero attached hydrogens (tertiary/aromatic N) is 1. The number of hydrogen-bond acceptors (Lipinski definition) is 6. The zero-order valence-electron chi connectivity index (χ0n) is 8.88. The van der Waals surface area contributed by atoms with Crippen LogP contribution in [0.5, 0.6) is 0 Å². The molecule has 0 unspecified atom stereocenters. The van der Waals surface area contributed by atoms with Gasteiger partial charge in [-0.25, -0.2) is 0 Å². The van der Waals surface area contributed by atoms with Gasteiger partial charge in [-0.3, -0.25) is 24.1 Å². The van der Waals surface area contributed by atoms with Crippen molar-refractivity contribution < 1.29 is 24.3 Å². The second-order valence-electron chi connectivity index (χ2n) is 2.91. The van der Waals surface area contributed by atoms with E-state index in [1.54, 1.807) is 0 Å². The van der Waals surface area contributed by atoms with Gasteiger partial charge < -0.3 is 16.2 Å². The topological polar surface area (TPSA) is 130 Å². The first-order valence-electron chi connectivity index (χ1n) is 4.55. The van der Waals surface area contributed by atoms with E-state index in [1.165, 1.54) is 0 Å². The Hall–Kier alpha value is -1.61. The molecule has 0 spiro atoms. The maximum absolute atomic E-state index is 11.4. The van der Waals surface area contributed by atoms with Crippen molar-refractivity contribution in [1.82, 2.24) is 10.2 Å². The molecule has 0 saturated heterocycles. The molecule has 17 heavy (non-hydrogen) atoms. The van der Waals surface area contributed by atoms with E-state index in [1.807, 2.05) is 0 Å². The number of nitrogens with two attached hydrogens (primary N) is 1. The van der Waals surface area contributed by atoms with Crippen LogP contribution in [0.4, 0.5) is 0 Å². The van der Waals surface area contributed by atoms with Crippen molar-refractivity contribution in [2.75, 3.05) is 25.4 Å². The molecule has 0 rings (SSSR count). The molecule has 0 radical (unpaired) electrons. The van der Waals surface area contributed by atoms with Crippen LogP contribution in [0, 0.1) is 0 Å². The number of rotatable bonds is 6. The van der Waals surface area contributed by atoms with Gasteiger partial charge in [-0.15, -0.1) is 0 Å². The molecule has 0 aromatic carbocycles. The van der Waals surface area contributed by atoms with Gasteiger partial charge in [-0.1, -0.05) is 0 Å². The van der Waals surface area contributed by atoms with Crippen LogP contribution >= 0.6 is 12.6 Å². The van der Waals surface area contributed by atoms with Crippen molar-refractivity contribution in [3.63, 3.8) is 0 Å². The van der Waals surface area contributed by atoms with Crippen LogP contribution in [0.2, 0.25) is 0 Å². The number of amides is 3. The average molecular weight is 263 g/mol. The maximum atomic E-state index is 11.4. The molecule has 3 amide bonds. The summed E-state index contributed by atoms with van der Waals surface area (Å²) in [6, 6.07) is 0. The highest BCUT2D eigenvalue weighted by atomic mass is 32.1. The predicted molar refractivity (Wildman–Crippen MR) is 60.3 cm³/mol. The Morgan fingerprint density at radius 1 is 1.24 bits per heavy atom. The predicted octanol–water partition coefficient (Wildman–Crippen LogP) is -2.57. The Morgan fingerprint density at radius 3 is 2.24 bits per heavy atom. The van der Waals surface area contributed by atoms with Crippen molar-refractivity contribution in [3.8, 4) is 0 Å². The van der Waals surface area contributed by atoms with Gasteiger partial charge in [-0.2, -0.15) is 12.6 Å². The molecule has 0 atom stereocenters. The lowest BCUT2D eigenvalue weighted by Gasteiger charge is -2.18. The van der Waals surface area contributed by atoms with Gasteiger partial charge in [0.05, 0.1) is 18.8 Å². The van der Waals surface area contributed by atoms with Crippen LogP contribution in [0.1, 0.15) is 0 Å². The normalized spacial score (nSPS) is 9.53. The monoisotopic (exact) mass is 263 g/mol. The summed E-state index contributed by atoms with van der Waals surface area (Å²) in [4.78, 5) is 44.4. The molecular weight excluding hydrogens is 250 g/mol. The number of carboxylic acids is 1. The Bertz CT molecular complexity index is 333. The van der Waals surface area contributed by atoms with Gasteiger partial charge in [0.25, 0.3) is 0 Å². The van der Waals surface area contributed by atoms with Crippen LogP contribution in [-0.4, -0.2) is 59.1 Å². The van der Waals surface area contributed by atoms with E-state index in [-0.39, 0.29) is 5.75 Å². The Morgan fingerprint density at radius 2 is 1.82 bits per heavy atom. The van der Waals surface area contributed by atoms with E-state index in [0.29, 0.717) is 4.90 Å². The molecule has 0 heterocycles. The molecule has 4 N–H and O–H groups in total. The Labute approximate surface area is 103 Å². The minimum Gasteiger partial charge on any atom is -0.480 e. The van der Waals surface area contributed by atoms with E-state index >= 15 is 0 Å². The number of carboxylic acid groups (broad SMARTS) is 1. The molecule has 8 nitrogen and oxygen atoms in total. The largest absolute Gasteiger partial charge is 0.480 e. The first kappa shape index (κ1) is 15.4. The zero-order valence-corrected chi connectivity index (χ0v) is 9.77. The van der Waals surface area contributed by atoms with E-state index < -0.39 is 43.3 Å². The summed E-state index contributed by atoms with van der Waals surface area (Å²) in [5.41, 5.74) is 5.03. The van der Waals surface area contributed by atoms with E-state index in [9.17, 15) is 19.2 Å². The molecule has 96 valence electrons. The fourth-order valence-corrected chi connectivity index (χ4v) is 0.998. The summed E-state index contributed by atoms with van der Waals surface area (Å²) in [5, 5.41) is 10.7. The quantitative estimate of drug-likeness (QED) is 0.390. The van der Waals surface area contributed by atoms with Crippen molar-refractivity contribution in [3.05, 3.63) is 0 Å². The first-order valence-corrected chi connectivity index (χ1v) is 5.18. The molecule has 0 bridgehead atoms. The smallest absolute Gasteiger partial charge is 0.323 e.